The average molecular weight is 720 g/mol. The van der Waals surface area contributed by atoms with Gasteiger partial charge in [-0.2, -0.15) is 0 Å². The molecule has 4 amide bonds. The Balaban J connectivity index is 1.25. The number of hydrogen-bond donors (Lipinski definition) is 4. The van der Waals surface area contributed by atoms with Crippen molar-refractivity contribution in [1.82, 2.24) is 15.5 Å². The van der Waals surface area contributed by atoms with Crippen molar-refractivity contribution in [2.24, 2.45) is 5.92 Å². The molecule has 2 saturated heterocycles. The minimum atomic E-state index is -1.66. The first-order valence-electron chi connectivity index (χ1n) is 17.2. The maximum Gasteiger partial charge on any atom is 0.303 e. The molecule has 1 saturated carbocycles. The molecule has 4 rings (SSSR count). The van der Waals surface area contributed by atoms with Gasteiger partial charge in [0.2, 0.25) is 11.8 Å². The lowest BCUT2D eigenvalue weighted by atomic mass is 9.83. The van der Waals surface area contributed by atoms with E-state index in [1.807, 2.05) is 19.9 Å². The molecule has 0 aromatic rings. The fraction of sp³-hybridized carbons (Fsp3) is 0.639. The number of carbonyl (C=O) groups excluding carboxylic acids is 5. The van der Waals surface area contributed by atoms with Crippen LogP contribution in [0.25, 0.3) is 0 Å². The summed E-state index contributed by atoms with van der Waals surface area (Å²) >= 11 is 6.08. The molecule has 14 heteroatoms. The number of amides is 4. The molecular formula is C36H50ClN3O10. The van der Waals surface area contributed by atoms with Crippen LogP contribution in [0.2, 0.25) is 0 Å². The minimum absolute atomic E-state index is 0.0276. The number of aliphatic hydroxyl groups is 2. The summed E-state index contributed by atoms with van der Waals surface area (Å²) in [5.74, 6) is -1.78. The maximum absolute atomic E-state index is 12.9. The van der Waals surface area contributed by atoms with Crippen molar-refractivity contribution >= 4 is 41.2 Å². The summed E-state index contributed by atoms with van der Waals surface area (Å²) in [5, 5.41) is 27.9. The zero-order valence-electron chi connectivity index (χ0n) is 29.3. The Labute approximate surface area is 298 Å². The SMILES string of the molecule is CC(=O)OC(C)/C=C\C(=O)N[C@@H]1C[C@H](C)[C@H](C/C=C(C)/C=C/[C@H]2O[C@H](CC(=O)NC3CC(N4C(=O)C=CC4=O)C3)C[C@@](O)(CCl)[C@@H]2O)O[C@@H]1C. The number of rotatable bonds is 13. The molecule has 0 spiro atoms. The summed E-state index contributed by atoms with van der Waals surface area (Å²) in [4.78, 5) is 61.4. The quantitative estimate of drug-likeness (QED) is 0.0724. The van der Waals surface area contributed by atoms with E-state index in [0.29, 0.717) is 19.3 Å². The van der Waals surface area contributed by atoms with E-state index >= 15 is 0 Å². The monoisotopic (exact) mass is 719 g/mol. The predicted octanol–water partition coefficient (Wildman–Crippen LogP) is 2.14. The molecule has 3 aliphatic heterocycles. The van der Waals surface area contributed by atoms with Crippen molar-refractivity contribution in [2.75, 3.05) is 5.88 Å². The van der Waals surface area contributed by atoms with E-state index in [9.17, 15) is 34.2 Å². The zero-order valence-corrected chi connectivity index (χ0v) is 30.0. The van der Waals surface area contributed by atoms with E-state index < -0.39 is 36.0 Å². The van der Waals surface area contributed by atoms with Crippen LogP contribution in [-0.2, 0) is 38.2 Å². The van der Waals surface area contributed by atoms with Crippen LogP contribution in [-0.4, -0.2) is 111 Å². The second-order valence-electron chi connectivity index (χ2n) is 14.0. The summed E-state index contributed by atoms with van der Waals surface area (Å²) < 4.78 is 17.3. The van der Waals surface area contributed by atoms with Crippen molar-refractivity contribution < 1.29 is 48.4 Å². The van der Waals surface area contributed by atoms with Gasteiger partial charge >= 0.3 is 5.97 Å². The number of alkyl halides is 1. The first-order chi connectivity index (χ1) is 23.6. The summed E-state index contributed by atoms with van der Waals surface area (Å²) in [6.45, 7) is 8.88. The van der Waals surface area contributed by atoms with E-state index in [1.165, 1.54) is 36.1 Å². The van der Waals surface area contributed by atoms with Gasteiger partial charge in [-0.1, -0.05) is 30.7 Å². The van der Waals surface area contributed by atoms with Crippen LogP contribution in [0, 0.1) is 5.92 Å². The number of nitrogens with zero attached hydrogens (tertiary/aromatic N) is 1. The third-order valence-corrected chi connectivity index (χ3v) is 10.2. The Morgan fingerprint density at radius 3 is 2.42 bits per heavy atom. The molecule has 276 valence electrons. The van der Waals surface area contributed by atoms with Gasteiger partial charge in [-0.05, 0) is 58.4 Å². The number of halogens is 1. The highest BCUT2D eigenvalue weighted by Crippen LogP contribution is 2.34. The Hall–Kier alpha value is -3.36. The third kappa shape index (κ3) is 10.3. The van der Waals surface area contributed by atoms with Crippen molar-refractivity contribution in [2.45, 2.75) is 133 Å². The molecule has 3 fully saturated rings. The van der Waals surface area contributed by atoms with Gasteiger partial charge in [0.15, 0.2) is 0 Å². The number of allylic oxidation sites excluding steroid dienone is 2. The second-order valence-corrected chi connectivity index (χ2v) is 14.3. The molecule has 50 heavy (non-hydrogen) atoms. The van der Waals surface area contributed by atoms with Gasteiger partial charge in [0.05, 0.1) is 36.7 Å². The lowest BCUT2D eigenvalue weighted by Crippen LogP contribution is -2.59. The second kappa shape index (κ2) is 17.2. The lowest BCUT2D eigenvalue weighted by Gasteiger charge is -2.44. The van der Waals surface area contributed by atoms with Crippen molar-refractivity contribution in [3.8, 4) is 0 Å². The van der Waals surface area contributed by atoms with Crippen LogP contribution < -0.4 is 10.6 Å². The number of imide groups is 1. The third-order valence-electron chi connectivity index (χ3n) is 9.76. The normalized spacial score (nSPS) is 35.3. The Bertz CT molecular complexity index is 1390. The van der Waals surface area contributed by atoms with E-state index in [2.05, 4.69) is 17.6 Å². The summed E-state index contributed by atoms with van der Waals surface area (Å²) in [5.41, 5.74) is -0.780. The van der Waals surface area contributed by atoms with E-state index in [0.717, 1.165) is 12.0 Å². The van der Waals surface area contributed by atoms with Crippen LogP contribution in [0.4, 0.5) is 0 Å². The molecule has 1 unspecified atom stereocenters. The van der Waals surface area contributed by atoms with Crippen LogP contribution in [0.1, 0.15) is 73.1 Å². The summed E-state index contributed by atoms with van der Waals surface area (Å²) in [7, 11) is 0. The standard InChI is InChI=1S/C36H50ClN3O10/c1-20(6-9-29-21(2)14-28(23(4)49-29)39-31(42)11-8-22(3)48-24(5)41)7-10-30-35(46)36(47,19-37)18-27(50-30)17-32(43)38-25-15-26(16-25)40-33(44)12-13-34(40)45/h6-8,10-13,21-23,25-30,35,46-47H,9,14-19H2,1-5H3,(H,38,43)(H,39,42)/b10-7+,11-8-,20-6+/t21-,22?,23+,25?,26?,27+,28+,29-,30+,35+,36+/m0/s1. The average Bonchev–Trinajstić information content (AvgIpc) is 3.36. The molecule has 1 aliphatic carbocycles. The van der Waals surface area contributed by atoms with Crippen molar-refractivity contribution in [3.63, 3.8) is 0 Å². The Morgan fingerprint density at radius 1 is 1.10 bits per heavy atom. The minimum Gasteiger partial charge on any atom is -0.459 e. The smallest absolute Gasteiger partial charge is 0.303 e. The van der Waals surface area contributed by atoms with Crippen molar-refractivity contribution in [1.29, 1.82) is 0 Å². The fourth-order valence-corrected chi connectivity index (χ4v) is 7.10. The van der Waals surface area contributed by atoms with Gasteiger partial charge in [-0.15, -0.1) is 11.6 Å². The van der Waals surface area contributed by atoms with E-state index in [-0.39, 0.29) is 78.6 Å². The molecule has 0 bridgehead atoms. The molecule has 0 aromatic carbocycles. The van der Waals surface area contributed by atoms with Crippen molar-refractivity contribution in [3.05, 3.63) is 48.1 Å². The van der Waals surface area contributed by atoms with Crippen LogP contribution in [0.15, 0.2) is 48.1 Å². The molecule has 0 radical (unpaired) electrons. The molecule has 4 aliphatic rings. The lowest BCUT2D eigenvalue weighted by molar-refractivity contribution is -0.195. The van der Waals surface area contributed by atoms with Gasteiger partial charge in [-0.3, -0.25) is 28.9 Å². The predicted molar refractivity (Wildman–Crippen MR) is 183 cm³/mol. The number of carbonyl (C=O) groups is 5. The van der Waals surface area contributed by atoms with Crippen LogP contribution >= 0.6 is 11.6 Å². The first-order valence-corrected chi connectivity index (χ1v) is 17.7. The topological polar surface area (TPSA) is 181 Å². The molecular weight excluding hydrogens is 670 g/mol. The number of esters is 1. The van der Waals surface area contributed by atoms with Gasteiger partial charge in [0.25, 0.3) is 11.8 Å². The molecule has 13 nitrogen and oxygen atoms in total. The number of ether oxygens (including phenoxy) is 3. The highest BCUT2D eigenvalue weighted by molar-refractivity contribution is 6.18. The van der Waals surface area contributed by atoms with E-state index in [1.54, 1.807) is 19.1 Å². The zero-order chi connectivity index (χ0) is 36.7. The Kier molecular flexibility index (Phi) is 13.6. The largest absolute Gasteiger partial charge is 0.459 e. The number of aliphatic hydroxyl groups excluding tert-OH is 1. The van der Waals surface area contributed by atoms with E-state index in [4.69, 9.17) is 25.8 Å². The van der Waals surface area contributed by atoms with Gasteiger partial charge in [0.1, 0.15) is 23.9 Å². The Morgan fingerprint density at radius 2 is 1.78 bits per heavy atom. The first kappa shape index (κ1) is 39.4. The highest BCUT2D eigenvalue weighted by atomic mass is 35.5. The highest BCUT2D eigenvalue weighted by Gasteiger charge is 2.48. The molecule has 3 heterocycles. The number of hydrogen-bond acceptors (Lipinski definition) is 10. The fourth-order valence-electron chi connectivity index (χ4n) is 6.84. The number of nitrogens with one attached hydrogen (secondary N) is 2. The van der Waals surface area contributed by atoms with Gasteiger partial charge in [0, 0.05) is 43.7 Å². The van der Waals surface area contributed by atoms with Crippen LogP contribution in [0.3, 0.4) is 0 Å². The van der Waals surface area contributed by atoms with Crippen LogP contribution in [0.5, 0.6) is 0 Å². The van der Waals surface area contributed by atoms with Gasteiger partial charge in [-0.25, -0.2) is 0 Å². The molecule has 9 atom stereocenters. The molecule has 4 N–H and O–H groups in total. The maximum atomic E-state index is 12.9. The summed E-state index contributed by atoms with van der Waals surface area (Å²) in [6.07, 6.45) is 9.27. The van der Waals surface area contributed by atoms with Gasteiger partial charge < -0.3 is 35.1 Å². The molecule has 0 aromatic heterocycles. The summed E-state index contributed by atoms with van der Waals surface area (Å²) in [6, 6.07) is -0.613.